The van der Waals surface area contributed by atoms with Crippen LogP contribution in [0.1, 0.15) is 27.9 Å². The Labute approximate surface area is 241 Å². The van der Waals surface area contributed by atoms with E-state index in [-0.39, 0.29) is 17.1 Å². The van der Waals surface area contributed by atoms with Crippen molar-refractivity contribution in [2.45, 2.75) is 27.7 Å². The van der Waals surface area contributed by atoms with Crippen molar-refractivity contribution >= 4 is 23.3 Å². The Morgan fingerprint density at radius 3 is 2.38 bits per heavy atom. The molecule has 2 aromatic carbocycles. The van der Waals surface area contributed by atoms with Gasteiger partial charge < -0.3 is 10.1 Å². The molecule has 1 amide bonds. The zero-order chi connectivity index (χ0) is 30.1. The Hall–Kier alpha value is -5.69. The molecule has 0 spiro atoms. The first kappa shape index (κ1) is 27.9. The average Bonchev–Trinajstić information content (AvgIpc) is 3.19. The molecule has 0 saturated heterocycles. The maximum atomic E-state index is 13.7. The first-order valence-corrected chi connectivity index (χ1v) is 13.2. The van der Waals surface area contributed by atoms with Crippen LogP contribution >= 0.6 is 0 Å². The normalized spacial score (nSPS) is 11.4. The fraction of sp³-hybridized carbons (Fsp3) is 0.156. The van der Waals surface area contributed by atoms with Crippen molar-refractivity contribution in [2.24, 2.45) is 7.05 Å². The topological polar surface area (TPSA) is 123 Å². The van der Waals surface area contributed by atoms with Crippen LogP contribution in [0.3, 0.4) is 0 Å². The molecule has 0 aliphatic carbocycles. The number of anilines is 1. The lowest BCUT2D eigenvalue weighted by molar-refractivity contribution is -0.112. The van der Waals surface area contributed by atoms with Gasteiger partial charge in [-0.3, -0.25) is 23.5 Å². The third-order valence-electron chi connectivity index (χ3n) is 7.26. The number of aryl methyl sites for hydroxylation is 2. The second-order valence-electron chi connectivity index (χ2n) is 9.88. The number of amides is 1. The first-order valence-electron chi connectivity index (χ1n) is 13.2. The summed E-state index contributed by atoms with van der Waals surface area (Å²) in [5, 5.41) is 12.6. The zero-order valence-electron chi connectivity index (χ0n) is 23.8. The minimum atomic E-state index is -0.852. The minimum absolute atomic E-state index is 0.0170. The van der Waals surface area contributed by atoms with Gasteiger partial charge in [0.05, 0.1) is 11.4 Å². The molecule has 0 aliphatic rings. The van der Waals surface area contributed by atoms with E-state index in [2.05, 4.69) is 10.3 Å². The van der Waals surface area contributed by atoms with E-state index in [1.165, 1.54) is 9.08 Å². The number of hydrogen-bond donors (Lipinski definition) is 1. The Bertz CT molecular complexity index is 2060. The van der Waals surface area contributed by atoms with Crippen molar-refractivity contribution in [1.29, 1.82) is 5.26 Å². The molecule has 1 N–H and O–H groups in total. The van der Waals surface area contributed by atoms with Gasteiger partial charge in [0.15, 0.2) is 0 Å². The number of nitriles is 1. The van der Waals surface area contributed by atoms with Crippen LogP contribution < -0.4 is 21.2 Å². The summed E-state index contributed by atoms with van der Waals surface area (Å²) in [6, 6.07) is 19.9. The maximum Gasteiger partial charge on any atom is 0.295 e. The highest BCUT2D eigenvalue weighted by molar-refractivity contribution is 6.10. The second kappa shape index (κ2) is 11.1. The van der Waals surface area contributed by atoms with E-state index in [0.717, 1.165) is 22.8 Å². The van der Waals surface area contributed by atoms with Crippen LogP contribution in [-0.4, -0.2) is 24.7 Å². The van der Waals surface area contributed by atoms with Crippen LogP contribution in [0.25, 0.3) is 17.4 Å². The van der Waals surface area contributed by atoms with Gasteiger partial charge in [-0.05, 0) is 74.7 Å². The molecule has 42 heavy (non-hydrogen) atoms. The summed E-state index contributed by atoms with van der Waals surface area (Å²) in [6.45, 7) is 7.32. The molecule has 0 radical (unpaired) electrons. The number of carbonyl (C=O) groups is 1. The molecule has 0 saturated carbocycles. The number of para-hydroxylation sites is 1. The number of ether oxygens (including phenoxy) is 1. The van der Waals surface area contributed by atoms with Crippen molar-refractivity contribution in [1.82, 2.24) is 18.7 Å². The lowest BCUT2D eigenvalue weighted by Gasteiger charge is -2.13. The summed E-state index contributed by atoms with van der Waals surface area (Å²) >= 11 is 0. The summed E-state index contributed by atoms with van der Waals surface area (Å²) in [5.74, 6) is -0.417. The van der Waals surface area contributed by atoms with Gasteiger partial charge >= 0.3 is 0 Å². The summed E-state index contributed by atoms with van der Waals surface area (Å²) in [6.07, 6.45) is 2.70. The molecule has 0 bridgehead atoms. The molecule has 0 fully saturated rings. The molecule has 210 valence electrons. The molecule has 0 unspecified atom stereocenters. The lowest BCUT2D eigenvalue weighted by Crippen LogP contribution is -2.24. The number of aromatic nitrogens is 4. The van der Waals surface area contributed by atoms with Gasteiger partial charge in [0.25, 0.3) is 17.0 Å². The van der Waals surface area contributed by atoms with Gasteiger partial charge in [-0.15, -0.1) is 0 Å². The Kier molecular flexibility index (Phi) is 7.34. The third-order valence-corrected chi connectivity index (χ3v) is 7.26. The average molecular weight is 561 g/mol. The van der Waals surface area contributed by atoms with E-state index in [0.29, 0.717) is 22.8 Å². The molecular formula is C32H28N6O4. The van der Waals surface area contributed by atoms with Crippen molar-refractivity contribution in [3.05, 3.63) is 121 Å². The lowest BCUT2D eigenvalue weighted by atomic mass is 10.1. The van der Waals surface area contributed by atoms with E-state index in [1.54, 1.807) is 61.2 Å². The quantitative estimate of drug-likeness (QED) is 0.236. The SMILES string of the molecule is Cc1cccc(Oc2nc3c(C)cccn3c(=O)c2/C=C(\C#N)C(=O)Nc2c(C)n(C)n(-c3ccccc3)c2=O)c1C. The highest BCUT2D eigenvalue weighted by Gasteiger charge is 2.22. The van der Waals surface area contributed by atoms with E-state index in [4.69, 9.17) is 4.74 Å². The van der Waals surface area contributed by atoms with Crippen LogP contribution in [0.15, 0.2) is 82.0 Å². The van der Waals surface area contributed by atoms with Gasteiger partial charge in [0, 0.05) is 13.2 Å². The van der Waals surface area contributed by atoms with Gasteiger partial charge in [0.2, 0.25) is 5.88 Å². The third kappa shape index (κ3) is 4.88. The summed E-state index contributed by atoms with van der Waals surface area (Å²) in [5.41, 5.74) is 2.59. The number of nitrogens with one attached hydrogen (secondary N) is 1. The largest absolute Gasteiger partial charge is 0.438 e. The predicted molar refractivity (Wildman–Crippen MR) is 160 cm³/mol. The first-order chi connectivity index (χ1) is 20.1. The molecule has 3 aromatic heterocycles. The Morgan fingerprint density at radius 2 is 1.67 bits per heavy atom. The van der Waals surface area contributed by atoms with E-state index < -0.39 is 22.6 Å². The summed E-state index contributed by atoms with van der Waals surface area (Å²) in [7, 11) is 1.70. The van der Waals surface area contributed by atoms with E-state index in [9.17, 15) is 19.6 Å². The molecule has 3 heterocycles. The van der Waals surface area contributed by atoms with Gasteiger partial charge in [-0.2, -0.15) is 10.2 Å². The highest BCUT2D eigenvalue weighted by atomic mass is 16.5. The van der Waals surface area contributed by atoms with Crippen LogP contribution in [0.2, 0.25) is 0 Å². The predicted octanol–water partition coefficient (Wildman–Crippen LogP) is 4.76. The van der Waals surface area contributed by atoms with Crippen molar-refractivity contribution in [3.8, 4) is 23.4 Å². The van der Waals surface area contributed by atoms with Crippen molar-refractivity contribution < 1.29 is 9.53 Å². The van der Waals surface area contributed by atoms with Crippen LogP contribution in [-0.2, 0) is 11.8 Å². The van der Waals surface area contributed by atoms with E-state index >= 15 is 0 Å². The fourth-order valence-corrected chi connectivity index (χ4v) is 4.62. The van der Waals surface area contributed by atoms with Crippen molar-refractivity contribution in [2.75, 3.05) is 5.32 Å². The number of rotatable bonds is 6. The smallest absolute Gasteiger partial charge is 0.295 e. The zero-order valence-corrected chi connectivity index (χ0v) is 23.8. The Balaban J connectivity index is 1.61. The fourth-order valence-electron chi connectivity index (χ4n) is 4.62. The molecular weight excluding hydrogens is 532 g/mol. The highest BCUT2D eigenvalue weighted by Crippen LogP contribution is 2.29. The number of hydrogen-bond acceptors (Lipinski definition) is 6. The summed E-state index contributed by atoms with van der Waals surface area (Å²) in [4.78, 5) is 45.0. The number of fused-ring (bicyclic) bond motifs is 1. The van der Waals surface area contributed by atoms with E-state index in [1.807, 2.05) is 51.1 Å². The molecule has 10 nitrogen and oxygen atoms in total. The van der Waals surface area contributed by atoms with Gasteiger partial charge in [-0.25, -0.2) is 4.68 Å². The van der Waals surface area contributed by atoms with Gasteiger partial charge in [-0.1, -0.05) is 36.4 Å². The van der Waals surface area contributed by atoms with Gasteiger partial charge in [0.1, 0.15) is 34.3 Å². The van der Waals surface area contributed by atoms with Crippen LogP contribution in [0.4, 0.5) is 5.69 Å². The monoisotopic (exact) mass is 560 g/mol. The standard InChI is InChI=1S/C32H28N6O4/c1-19-11-9-15-26(21(19)3)42-30-25(31(40)37-16-10-12-20(2)28(37)35-30)17-23(18-33)29(39)34-27-22(4)36(5)38(32(27)41)24-13-7-6-8-14-24/h6-17H,1-5H3,(H,34,39)/b23-17+. The van der Waals surface area contributed by atoms with Crippen LogP contribution in [0, 0.1) is 39.0 Å². The molecule has 10 heteroatoms. The second-order valence-corrected chi connectivity index (χ2v) is 9.88. The van der Waals surface area contributed by atoms with Crippen LogP contribution in [0.5, 0.6) is 11.6 Å². The maximum absolute atomic E-state index is 13.7. The minimum Gasteiger partial charge on any atom is -0.438 e. The molecule has 0 aliphatic heterocycles. The Morgan fingerprint density at radius 1 is 0.952 bits per heavy atom. The number of benzene rings is 2. The van der Waals surface area contributed by atoms with Crippen molar-refractivity contribution in [3.63, 3.8) is 0 Å². The molecule has 5 rings (SSSR count). The number of carbonyl (C=O) groups excluding carboxylic acids is 1. The molecule has 0 atom stereocenters. The summed E-state index contributed by atoms with van der Waals surface area (Å²) < 4.78 is 10.5. The molecule has 5 aromatic rings. The number of pyridine rings is 1. The number of nitrogens with zero attached hydrogens (tertiary/aromatic N) is 5.